The maximum absolute atomic E-state index is 11.2. The number of methoxy groups -OCH3 is 1. The normalized spacial score (nSPS) is 11.9. The molecule has 0 aliphatic heterocycles. The fourth-order valence-electron chi connectivity index (χ4n) is 1.26. The van der Waals surface area contributed by atoms with Gasteiger partial charge in [-0.3, -0.25) is 0 Å². The topological polar surface area (TPSA) is 64.3 Å². The molecule has 15 heavy (non-hydrogen) atoms. The largest absolute Gasteiger partial charge is 0.467 e. The summed E-state index contributed by atoms with van der Waals surface area (Å²) in [5.41, 5.74) is 8.23. The molecule has 1 aromatic carbocycles. The molecular weight excluding hydrogens is 192 g/mol. The summed E-state index contributed by atoms with van der Waals surface area (Å²) >= 11 is 0. The monoisotopic (exact) mass is 208 g/mol. The van der Waals surface area contributed by atoms with Gasteiger partial charge in [0, 0.05) is 0 Å². The van der Waals surface area contributed by atoms with Crippen molar-refractivity contribution in [2.24, 2.45) is 0 Å². The Kier molecular flexibility index (Phi) is 3.55. The molecule has 1 aromatic rings. The lowest BCUT2D eigenvalue weighted by molar-refractivity contribution is -0.141. The van der Waals surface area contributed by atoms with Crippen LogP contribution >= 0.6 is 0 Å². The van der Waals surface area contributed by atoms with Gasteiger partial charge >= 0.3 is 5.97 Å². The van der Waals surface area contributed by atoms with Crippen molar-refractivity contribution >= 4 is 17.3 Å². The number of hydrogen-bond acceptors (Lipinski definition) is 4. The molecule has 4 heteroatoms. The van der Waals surface area contributed by atoms with E-state index in [1.54, 1.807) is 6.92 Å². The molecule has 0 aromatic heterocycles. The van der Waals surface area contributed by atoms with E-state index in [-0.39, 0.29) is 5.97 Å². The van der Waals surface area contributed by atoms with Crippen molar-refractivity contribution in [2.45, 2.75) is 19.9 Å². The second-order valence-electron chi connectivity index (χ2n) is 3.48. The Hall–Kier alpha value is -1.71. The van der Waals surface area contributed by atoms with Crippen LogP contribution in [-0.4, -0.2) is 19.1 Å². The molecule has 0 saturated heterocycles. The number of nitrogens with one attached hydrogen (secondary N) is 1. The van der Waals surface area contributed by atoms with Crippen molar-refractivity contribution in [1.29, 1.82) is 0 Å². The number of anilines is 2. The highest BCUT2D eigenvalue weighted by atomic mass is 16.5. The summed E-state index contributed by atoms with van der Waals surface area (Å²) in [6.07, 6.45) is 0. The molecule has 0 amide bonds. The number of nitrogen functional groups attached to an aromatic ring is 1. The van der Waals surface area contributed by atoms with E-state index in [1.165, 1.54) is 7.11 Å². The first-order valence-corrected chi connectivity index (χ1v) is 4.75. The minimum Gasteiger partial charge on any atom is -0.467 e. The first-order chi connectivity index (χ1) is 7.04. The van der Waals surface area contributed by atoms with Crippen LogP contribution in [0.5, 0.6) is 0 Å². The molecule has 3 N–H and O–H groups in total. The third-order valence-corrected chi connectivity index (χ3v) is 2.14. The molecule has 1 rings (SSSR count). The van der Waals surface area contributed by atoms with E-state index in [1.807, 2.05) is 25.1 Å². The van der Waals surface area contributed by atoms with Crippen molar-refractivity contribution in [1.82, 2.24) is 0 Å². The van der Waals surface area contributed by atoms with Gasteiger partial charge < -0.3 is 15.8 Å². The number of benzene rings is 1. The van der Waals surface area contributed by atoms with Crippen LogP contribution in [0.4, 0.5) is 11.4 Å². The first kappa shape index (κ1) is 11.4. The van der Waals surface area contributed by atoms with Crippen molar-refractivity contribution in [3.8, 4) is 0 Å². The minimum absolute atomic E-state index is 0.309. The Morgan fingerprint density at radius 2 is 2.20 bits per heavy atom. The summed E-state index contributed by atoms with van der Waals surface area (Å²) in [4.78, 5) is 11.2. The lowest BCUT2D eigenvalue weighted by Gasteiger charge is -2.15. The van der Waals surface area contributed by atoms with Gasteiger partial charge in [0.2, 0.25) is 0 Å². The fourth-order valence-corrected chi connectivity index (χ4v) is 1.26. The predicted octanol–water partition coefficient (Wildman–Crippen LogP) is 1.55. The van der Waals surface area contributed by atoms with Crippen LogP contribution in [0.15, 0.2) is 18.2 Å². The fraction of sp³-hybridized carbons (Fsp3) is 0.364. The van der Waals surface area contributed by atoms with E-state index >= 15 is 0 Å². The third-order valence-electron chi connectivity index (χ3n) is 2.14. The van der Waals surface area contributed by atoms with E-state index in [4.69, 9.17) is 5.73 Å². The number of nitrogens with two attached hydrogens (primary N) is 1. The number of rotatable bonds is 3. The zero-order valence-electron chi connectivity index (χ0n) is 9.20. The molecule has 0 spiro atoms. The van der Waals surface area contributed by atoms with Crippen LogP contribution in [0.2, 0.25) is 0 Å². The maximum Gasteiger partial charge on any atom is 0.327 e. The molecule has 4 nitrogen and oxygen atoms in total. The van der Waals surface area contributed by atoms with Gasteiger partial charge in [-0.25, -0.2) is 4.79 Å². The van der Waals surface area contributed by atoms with Gasteiger partial charge in [0.05, 0.1) is 18.5 Å². The third kappa shape index (κ3) is 2.87. The number of esters is 1. The van der Waals surface area contributed by atoms with Crippen LogP contribution in [0, 0.1) is 6.92 Å². The molecule has 0 bridgehead atoms. The van der Waals surface area contributed by atoms with Gasteiger partial charge in [-0.15, -0.1) is 0 Å². The highest BCUT2D eigenvalue weighted by Crippen LogP contribution is 2.20. The van der Waals surface area contributed by atoms with Crippen molar-refractivity contribution in [2.75, 3.05) is 18.2 Å². The summed E-state index contributed by atoms with van der Waals surface area (Å²) in [6, 6.07) is 5.22. The lowest BCUT2D eigenvalue weighted by Crippen LogP contribution is -2.27. The summed E-state index contributed by atoms with van der Waals surface area (Å²) in [6.45, 7) is 3.70. The van der Waals surface area contributed by atoms with E-state index in [0.717, 1.165) is 11.3 Å². The summed E-state index contributed by atoms with van der Waals surface area (Å²) in [5.74, 6) is -0.309. The number of carbonyl (C=O) groups is 1. The molecule has 1 unspecified atom stereocenters. The molecule has 0 aliphatic rings. The average molecular weight is 208 g/mol. The van der Waals surface area contributed by atoms with Crippen molar-refractivity contribution < 1.29 is 9.53 Å². The molecule has 0 fully saturated rings. The van der Waals surface area contributed by atoms with E-state index in [9.17, 15) is 4.79 Å². The lowest BCUT2D eigenvalue weighted by atomic mass is 10.2. The second-order valence-corrected chi connectivity index (χ2v) is 3.48. The molecule has 0 radical (unpaired) electrons. The van der Waals surface area contributed by atoms with E-state index in [0.29, 0.717) is 5.69 Å². The highest BCUT2D eigenvalue weighted by molar-refractivity contribution is 5.80. The Balaban J connectivity index is 2.80. The number of ether oxygens (including phenoxy) is 1. The van der Waals surface area contributed by atoms with Gasteiger partial charge in [-0.2, -0.15) is 0 Å². The number of carbonyl (C=O) groups excluding carboxylic acids is 1. The van der Waals surface area contributed by atoms with Crippen molar-refractivity contribution in [3.05, 3.63) is 23.8 Å². The average Bonchev–Trinajstić information content (AvgIpc) is 2.22. The molecule has 1 atom stereocenters. The van der Waals surface area contributed by atoms with Crippen LogP contribution in [0.3, 0.4) is 0 Å². The van der Waals surface area contributed by atoms with E-state index < -0.39 is 6.04 Å². The quantitative estimate of drug-likeness (QED) is 0.584. The van der Waals surface area contributed by atoms with Crippen molar-refractivity contribution in [3.63, 3.8) is 0 Å². The molecule has 0 saturated carbocycles. The van der Waals surface area contributed by atoms with Crippen LogP contribution in [-0.2, 0) is 9.53 Å². The summed E-state index contributed by atoms with van der Waals surface area (Å²) in [7, 11) is 1.36. The highest BCUT2D eigenvalue weighted by Gasteiger charge is 2.13. The number of hydrogen-bond donors (Lipinski definition) is 2. The predicted molar refractivity (Wildman–Crippen MR) is 60.7 cm³/mol. The summed E-state index contributed by atoms with van der Waals surface area (Å²) < 4.78 is 4.61. The SMILES string of the molecule is COC(=O)C(C)Nc1cc(C)ccc1N. The first-order valence-electron chi connectivity index (χ1n) is 4.75. The summed E-state index contributed by atoms with van der Waals surface area (Å²) in [5, 5.41) is 3.00. The molecular formula is C11H16N2O2. The second kappa shape index (κ2) is 4.68. The Morgan fingerprint density at radius 1 is 1.53 bits per heavy atom. The van der Waals surface area contributed by atoms with Gasteiger partial charge in [0.15, 0.2) is 0 Å². The zero-order chi connectivity index (χ0) is 11.4. The van der Waals surface area contributed by atoms with Gasteiger partial charge in [0.25, 0.3) is 0 Å². The molecule has 0 aliphatic carbocycles. The zero-order valence-corrected chi connectivity index (χ0v) is 9.20. The van der Waals surface area contributed by atoms with Gasteiger partial charge in [-0.05, 0) is 31.5 Å². The Morgan fingerprint density at radius 3 is 2.80 bits per heavy atom. The smallest absolute Gasteiger partial charge is 0.327 e. The van der Waals surface area contributed by atoms with Crippen LogP contribution < -0.4 is 11.1 Å². The maximum atomic E-state index is 11.2. The Bertz CT molecular complexity index is 364. The number of aryl methyl sites for hydroxylation is 1. The van der Waals surface area contributed by atoms with Crippen LogP contribution in [0.25, 0.3) is 0 Å². The molecule has 0 heterocycles. The minimum atomic E-state index is -0.404. The van der Waals surface area contributed by atoms with Gasteiger partial charge in [-0.1, -0.05) is 6.07 Å². The molecule has 82 valence electrons. The Labute approximate surface area is 89.4 Å². The van der Waals surface area contributed by atoms with Crippen LogP contribution in [0.1, 0.15) is 12.5 Å². The van der Waals surface area contributed by atoms with E-state index in [2.05, 4.69) is 10.1 Å². The standard InChI is InChI=1S/C11H16N2O2/c1-7-4-5-9(12)10(6-7)13-8(2)11(14)15-3/h4-6,8,13H,12H2,1-3H3. The van der Waals surface area contributed by atoms with Gasteiger partial charge in [0.1, 0.15) is 6.04 Å².